The number of rotatable bonds is 4. The summed E-state index contributed by atoms with van der Waals surface area (Å²) < 4.78 is 0. The predicted octanol–water partition coefficient (Wildman–Crippen LogP) is 0.879. The second-order valence-electron chi connectivity index (χ2n) is 4.42. The van der Waals surface area contributed by atoms with Gasteiger partial charge in [-0.2, -0.15) is 0 Å². The summed E-state index contributed by atoms with van der Waals surface area (Å²) in [5.74, 6) is 0.152. The maximum absolute atomic E-state index is 11.8. The molecule has 0 saturated heterocycles. The van der Waals surface area contributed by atoms with Gasteiger partial charge < -0.3 is 21.1 Å². The van der Waals surface area contributed by atoms with Gasteiger partial charge in [-0.05, 0) is 24.6 Å². The number of fused-ring (bicyclic) bond motifs is 1. The Morgan fingerprint density at radius 1 is 1.56 bits per heavy atom. The molecule has 5 heteroatoms. The van der Waals surface area contributed by atoms with Crippen molar-refractivity contribution < 1.29 is 9.90 Å². The van der Waals surface area contributed by atoms with Crippen LogP contribution >= 0.6 is 0 Å². The molecule has 0 bridgehead atoms. The summed E-state index contributed by atoms with van der Waals surface area (Å²) in [6.45, 7) is 2.29. The van der Waals surface area contributed by atoms with Crippen LogP contribution < -0.4 is 11.1 Å². The van der Waals surface area contributed by atoms with Gasteiger partial charge in [0.1, 0.15) is 5.75 Å². The third-order valence-electron chi connectivity index (χ3n) is 2.86. The Labute approximate surface area is 105 Å². The number of hydrogen-bond donors (Lipinski definition) is 4. The molecular weight excluding hydrogens is 230 g/mol. The quantitative estimate of drug-likeness (QED) is 0.646. The van der Waals surface area contributed by atoms with Crippen LogP contribution in [0.4, 0.5) is 0 Å². The van der Waals surface area contributed by atoms with Gasteiger partial charge in [0.2, 0.25) is 5.91 Å². The molecule has 1 unspecified atom stereocenters. The minimum Gasteiger partial charge on any atom is -0.508 e. The van der Waals surface area contributed by atoms with Crippen molar-refractivity contribution in [2.24, 2.45) is 5.73 Å². The summed E-state index contributed by atoms with van der Waals surface area (Å²) in [6.07, 6.45) is 2.09. The van der Waals surface area contributed by atoms with Crippen molar-refractivity contribution in [3.8, 4) is 5.75 Å². The Morgan fingerprint density at radius 3 is 3.06 bits per heavy atom. The molecule has 0 radical (unpaired) electrons. The molecule has 96 valence electrons. The second-order valence-corrected chi connectivity index (χ2v) is 4.42. The lowest BCUT2D eigenvalue weighted by Gasteiger charge is -2.10. The third-order valence-corrected chi connectivity index (χ3v) is 2.86. The number of aromatic hydroxyl groups is 1. The van der Waals surface area contributed by atoms with E-state index in [1.165, 1.54) is 0 Å². The Hall–Kier alpha value is -2.01. The largest absolute Gasteiger partial charge is 0.508 e. The maximum Gasteiger partial charge on any atom is 0.224 e. The molecule has 1 atom stereocenters. The Bertz CT molecular complexity index is 562. The van der Waals surface area contributed by atoms with Crippen molar-refractivity contribution in [1.29, 1.82) is 0 Å². The van der Waals surface area contributed by atoms with Crippen molar-refractivity contribution in [2.45, 2.75) is 19.4 Å². The van der Waals surface area contributed by atoms with Gasteiger partial charge in [-0.15, -0.1) is 0 Å². The molecule has 0 spiro atoms. The first-order valence-electron chi connectivity index (χ1n) is 5.88. The number of aromatic amines is 1. The van der Waals surface area contributed by atoms with E-state index in [4.69, 9.17) is 5.73 Å². The topological polar surface area (TPSA) is 91.1 Å². The number of aromatic nitrogens is 1. The molecule has 0 aliphatic rings. The third kappa shape index (κ3) is 2.62. The molecule has 0 aliphatic carbocycles. The van der Waals surface area contributed by atoms with E-state index in [0.29, 0.717) is 13.0 Å². The van der Waals surface area contributed by atoms with E-state index in [9.17, 15) is 9.90 Å². The summed E-state index contributed by atoms with van der Waals surface area (Å²) in [4.78, 5) is 14.8. The van der Waals surface area contributed by atoms with Gasteiger partial charge in [0, 0.05) is 35.8 Å². The number of phenolic OH excluding ortho intramolecular Hbond substituents is 1. The fourth-order valence-electron chi connectivity index (χ4n) is 1.88. The fraction of sp³-hybridized carbons (Fsp3) is 0.308. The number of carbonyl (C=O) groups is 1. The van der Waals surface area contributed by atoms with Crippen LogP contribution in [0, 0.1) is 0 Å². The molecule has 18 heavy (non-hydrogen) atoms. The minimum absolute atomic E-state index is 0.0215. The summed E-state index contributed by atoms with van der Waals surface area (Å²) in [6, 6.07) is 5.03. The Balaban J connectivity index is 2.15. The lowest BCUT2D eigenvalue weighted by molar-refractivity contribution is -0.120. The molecular formula is C13H17N3O2. The van der Waals surface area contributed by atoms with Crippen LogP contribution in [0.15, 0.2) is 24.4 Å². The molecule has 5 nitrogen and oxygen atoms in total. The number of benzene rings is 1. The van der Waals surface area contributed by atoms with E-state index in [0.717, 1.165) is 16.5 Å². The zero-order valence-corrected chi connectivity index (χ0v) is 10.2. The van der Waals surface area contributed by atoms with Crippen LogP contribution in [-0.4, -0.2) is 28.6 Å². The summed E-state index contributed by atoms with van der Waals surface area (Å²) >= 11 is 0. The monoisotopic (exact) mass is 247 g/mol. The zero-order chi connectivity index (χ0) is 13.1. The second kappa shape index (κ2) is 5.10. The van der Waals surface area contributed by atoms with Gasteiger partial charge in [0.25, 0.3) is 0 Å². The predicted molar refractivity (Wildman–Crippen MR) is 70.3 cm³/mol. The number of H-pyrrole nitrogens is 1. The van der Waals surface area contributed by atoms with Crippen LogP contribution in [-0.2, 0) is 11.2 Å². The SMILES string of the molecule is CC(CN)NC(=O)Cc1c[nH]c2cc(O)ccc12. The van der Waals surface area contributed by atoms with Gasteiger partial charge in [0.15, 0.2) is 0 Å². The minimum atomic E-state index is -0.0538. The molecule has 1 aromatic carbocycles. The van der Waals surface area contributed by atoms with Gasteiger partial charge >= 0.3 is 0 Å². The van der Waals surface area contributed by atoms with Crippen molar-refractivity contribution in [1.82, 2.24) is 10.3 Å². The lowest BCUT2D eigenvalue weighted by Crippen LogP contribution is -2.38. The Kier molecular flexibility index (Phi) is 3.53. The van der Waals surface area contributed by atoms with E-state index >= 15 is 0 Å². The van der Waals surface area contributed by atoms with Gasteiger partial charge in [-0.3, -0.25) is 4.79 Å². The normalized spacial score (nSPS) is 12.6. The number of carbonyl (C=O) groups excluding carboxylic acids is 1. The zero-order valence-electron chi connectivity index (χ0n) is 10.2. The van der Waals surface area contributed by atoms with E-state index in [2.05, 4.69) is 10.3 Å². The van der Waals surface area contributed by atoms with Gasteiger partial charge in [-0.25, -0.2) is 0 Å². The van der Waals surface area contributed by atoms with Crippen LogP contribution in [0.25, 0.3) is 10.9 Å². The molecule has 1 amide bonds. The van der Waals surface area contributed by atoms with Crippen LogP contribution in [0.1, 0.15) is 12.5 Å². The van der Waals surface area contributed by atoms with E-state index in [-0.39, 0.29) is 17.7 Å². The molecule has 5 N–H and O–H groups in total. The number of nitrogens with one attached hydrogen (secondary N) is 2. The summed E-state index contributed by atoms with van der Waals surface area (Å²) in [7, 11) is 0. The first kappa shape index (κ1) is 12.4. The van der Waals surface area contributed by atoms with Crippen molar-refractivity contribution in [2.75, 3.05) is 6.54 Å². The smallest absolute Gasteiger partial charge is 0.224 e. The van der Waals surface area contributed by atoms with Crippen LogP contribution in [0.3, 0.4) is 0 Å². The van der Waals surface area contributed by atoms with E-state index < -0.39 is 0 Å². The number of nitrogens with two attached hydrogens (primary N) is 1. The number of phenols is 1. The summed E-state index contributed by atoms with van der Waals surface area (Å²) in [5, 5.41) is 13.1. The highest BCUT2D eigenvalue weighted by Crippen LogP contribution is 2.22. The standard InChI is InChI=1S/C13H17N3O2/c1-8(6-14)16-13(18)4-9-7-15-12-5-10(17)2-3-11(9)12/h2-3,5,7-8,15,17H,4,6,14H2,1H3,(H,16,18). The average molecular weight is 247 g/mol. The maximum atomic E-state index is 11.8. The average Bonchev–Trinajstić information content (AvgIpc) is 2.71. The molecule has 1 aromatic heterocycles. The molecule has 2 rings (SSSR count). The van der Waals surface area contributed by atoms with Gasteiger partial charge in [0.05, 0.1) is 6.42 Å². The molecule has 2 aromatic rings. The highest BCUT2D eigenvalue weighted by Gasteiger charge is 2.10. The van der Waals surface area contributed by atoms with E-state index in [1.54, 1.807) is 24.4 Å². The Morgan fingerprint density at radius 2 is 2.33 bits per heavy atom. The van der Waals surface area contributed by atoms with Crippen LogP contribution in [0.5, 0.6) is 5.75 Å². The number of hydrogen-bond acceptors (Lipinski definition) is 3. The van der Waals surface area contributed by atoms with Crippen molar-refractivity contribution >= 4 is 16.8 Å². The highest BCUT2D eigenvalue weighted by atomic mass is 16.3. The number of amides is 1. The molecule has 1 heterocycles. The first-order chi connectivity index (χ1) is 8.60. The van der Waals surface area contributed by atoms with Gasteiger partial charge in [-0.1, -0.05) is 0 Å². The molecule has 0 saturated carbocycles. The first-order valence-corrected chi connectivity index (χ1v) is 5.88. The van der Waals surface area contributed by atoms with E-state index in [1.807, 2.05) is 6.92 Å². The molecule has 0 aliphatic heterocycles. The fourth-order valence-corrected chi connectivity index (χ4v) is 1.88. The van der Waals surface area contributed by atoms with Crippen molar-refractivity contribution in [3.05, 3.63) is 30.0 Å². The summed E-state index contributed by atoms with van der Waals surface area (Å²) in [5.41, 5.74) is 7.19. The van der Waals surface area contributed by atoms with Crippen molar-refractivity contribution in [3.63, 3.8) is 0 Å². The van der Waals surface area contributed by atoms with Crippen LogP contribution in [0.2, 0.25) is 0 Å². The molecule has 0 fully saturated rings. The highest BCUT2D eigenvalue weighted by molar-refractivity contribution is 5.89. The lowest BCUT2D eigenvalue weighted by atomic mass is 10.1.